The van der Waals surface area contributed by atoms with Gasteiger partial charge in [0, 0.05) is 0 Å². The van der Waals surface area contributed by atoms with Crippen molar-refractivity contribution < 1.29 is 4.74 Å². The largest absolute Gasteiger partial charge is 0.476 e. The second kappa shape index (κ2) is 4.26. The van der Waals surface area contributed by atoms with Gasteiger partial charge in [0.2, 0.25) is 5.88 Å². The second-order valence-corrected chi connectivity index (χ2v) is 4.44. The van der Waals surface area contributed by atoms with Crippen molar-refractivity contribution in [1.82, 2.24) is 9.97 Å². The molecule has 4 nitrogen and oxygen atoms in total. The Balaban J connectivity index is 2.43. The van der Waals surface area contributed by atoms with E-state index >= 15 is 0 Å². The highest BCUT2D eigenvalue weighted by Gasteiger charge is 2.10. The first-order valence-corrected chi connectivity index (χ1v) is 4.67. The van der Waals surface area contributed by atoms with E-state index in [9.17, 15) is 0 Å². The molecule has 0 saturated carbocycles. The molecule has 0 radical (unpaired) electrons. The maximum atomic E-state index is 5.62. The maximum Gasteiger partial charge on any atom is 0.240 e. The summed E-state index contributed by atoms with van der Waals surface area (Å²) in [5.74, 6) is 0.476. The molecule has 0 atom stereocenters. The third kappa shape index (κ3) is 3.60. The highest BCUT2D eigenvalue weighted by molar-refractivity contribution is 5.44. The molecule has 0 amide bonds. The summed E-state index contributed by atoms with van der Waals surface area (Å²) in [4.78, 5) is 7.73. The summed E-state index contributed by atoms with van der Waals surface area (Å²) in [6, 6.07) is 0. The molecule has 1 heterocycles. The van der Waals surface area contributed by atoms with Crippen LogP contribution in [-0.4, -0.2) is 16.6 Å². The summed E-state index contributed by atoms with van der Waals surface area (Å²) >= 11 is 0. The van der Waals surface area contributed by atoms with Gasteiger partial charge in [0.05, 0.1) is 12.8 Å². The standard InChI is InChI=1S/C10H17N3O/c1-10(2,3)4-5-14-9-8(11)6-12-7-13-9/h6-7H,4-5,11H2,1-3H3. The minimum atomic E-state index is 0.266. The molecule has 0 aliphatic heterocycles. The summed E-state index contributed by atoms with van der Waals surface area (Å²) in [6.45, 7) is 7.13. The summed E-state index contributed by atoms with van der Waals surface area (Å²) < 4.78 is 5.44. The lowest BCUT2D eigenvalue weighted by molar-refractivity contribution is 0.237. The number of nitrogens with zero attached hydrogens (tertiary/aromatic N) is 2. The smallest absolute Gasteiger partial charge is 0.240 e. The Morgan fingerprint density at radius 2 is 2.14 bits per heavy atom. The third-order valence-corrected chi connectivity index (χ3v) is 1.79. The Hall–Kier alpha value is -1.32. The predicted octanol–water partition coefficient (Wildman–Crippen LogP) is 1.87. The molecule has 78 valence electrons. The topological polar surface area (TPSA) is 61.0 Å². The number of nitrogen functional groups attached to an aromatic ring is 1. The minimum absolute atomic E-state index is 0.266. The van der Waals surface area contributed by atoms with E-state index in [0.29, 0.717) is 18.2 Å². The Labute approximate surface area is 84.5 Å². The average molecular weight is 195 g/mol. The molecule has 0 aliphatic carbocycles. The van der Waals surface area contributed by atoms with Gasteiger partial charge in [-0.15, -0.1) is 0 Å². The summed E-state index contributed by atoms with van der Waals surface area (Å²) in [6.07, 6.45) is 3.94. The normalized spacial score (nSPS) is 11.4. The molecule has 0 aliphatic rings. The highest BCUT2D eigenvalue weighted by Crippen LogP contribution is 2.20. The zero-order valence-corrected chi connectivity index (χ0v) is 8.95. The predicted molar refractivity (Wildman–Crippen MR) is 56.0 cm³/mol. The van der Waals surface area contributed by atoms with Gasteiger partial charge in [0.1, 0.15) is 12.0 Å². The van der Waals surface area contributed by atoms with E-state index < -0.39 is 0 Å². The molecule has 0 saturated heterocycles. The van der Waals surface area contributed by atoms with E-state index in [4.69, 9.17) is 10.5 Å². The van der Waals surface area contributed by atoms with E-state index in [2.05, 4.69) is 30.7 Å². The molecule has 1 aromatic rings. The van der Waals surface area contributed by atoms with Crippen LogP contribution in [0.3, 0.4) is 0 Å². The van der Waals surface area contributed by atoms with E-state index in [1.165, 1.54) is 6.33 Å². The van der Waals surface area contributed by atoms with Crippen LogP contribution in [0.5, 0.6) is 5.88 Å². The number of nitrogens with two attached hydrogens (primary N) is 1. The molecular formula is C10H17N3O. The van der Waals surface area contributed by atoms with Crippen molar-refractivity contribution in [2.45, 2.75) is 27.2 Å². The lowest BCUT2D eigenvalue weighted by atomic mass is 9.93. The van der Waals surface area contributed by atoms with Gasteiger partial charge < -0.3 is 10.5 Å². The van der Waals surface area contributed by atoms with E-state index in [0.717, 1.165) is 6.42 Å². The van der Waals surface area contributed by atoms with Gasteiger partial charge in [0.15, 0.2) is 0 Å². The van der Waals surface area contributed by atoms with Crippen LogP contribution in [0.25, 0.3) is 0 Å². The quantitative estimate of drug-likeness (QED) is 0.799. The molecule has 0 bridgehead atoms. The van der Waals surface area contributed by atoms with Gasteiger partial charge in [-0.05, 0) is 11.8 Å². The molecule has 0 aromatic carbocycles. The van der Waals surface area contributed by atoms with Crippen LogP contribution in [0, 0.1) is 5.41 Å². The van der Waals surface area contributed by atoms with E-state index in [1.54, 1.807) is 6.20 Å². The summed E-state index contributed by atoms with van der Waals surface area (Å²) in [5, 5.41) is 0. The van der Waals surface area contributed by atoms with Crippen molar-refractivity contribution in [2.75, 3.05) is 12.3 Å². The van der Waals surface area contributed by atoms with Gasteiger partial charge in [-0.1, -0.05) is 20.8 Å². The number of ether oxygens (including phenoxy) is 1. The molecule has 4 heteroatoms. The fraction of sp³-hybridized carbons (Fsp3) is 0.600. The van der Waals surface area contributed by atoms with Crippen LogP contribution in [0.4, 0.5) is 5.69 Å². The third-order valence-electron chi connectivity index (χ3n) is 1.79. The van der Waals surface area contributed by atoms with Crippen molar-refractivity contribution in [3.63, 3.8) is 0 Å². The highest BCUT2D eigenvalue weighted by atomic mass is 16.5. The van der Waals surface area contributed by atoms with Crippen molar-refractivity contribution in [3.8, 4) is 5.88 Å². The lowest BCUT2D eigenvalue weighted by Gasteiger charge is -2.17. The summed E-state index contributed by atoms with van der Waals surface area (Å²) in [7, 11) is 0. The lowest BCUT2D eigenvalue weighted by Crippen LogP contribution is -2.12. The van der Waals surface area contributed by atoms with Crippen molar-refractivity contribution in [3.05, 3.63) is 12.5 Å². The Kier molecular flexibility index (Phi) is 3.28. The number of hydrogen-bond donors (Lipinski definition) is 1. The summed E-state index contributed by atoms with van der Waals surface area (Å²) in [5.41, 5.74) is 6.37. The fourth-order valence-electron chi connectivity index (χ4n) is 0.904. The average Bonchev–Trinajstić information content (AvgIpc) is 2.06. The van der Waals surface area contributed by atoms with Crippen LogP contribution in [-0.2, 0) is 0 Å². The van der Waals surface area contributed by atoms with Gasteiger partial charge in [-0.25, -0.2) is 9.97 Å². The number of aromatic nitrogens is 2. The molecule has 0 fully saturated rings. The van der Waals surface area contributed by atoms with Crippen molar-refractivity contribution in [1.29, 1.82) is 0 Å². The van der Waals surface area contributed by atoms with Crippen LogP contribution in [0.1, 0.15) is 27.2 Å². The van der Waals surface area contributed by atoms with Crippen LogP contribution >= 0.6 is 0 Å². The number of rotatable bonds is 3. The molecule has 1 rings (SSSR count). The van der Waals surface area contributed by atoms with E-state index in [1.807, 2.05) is 0 Å². The maximum absolute atomic E-state index is 5.62. The van der Waals surface area contributed by atoms with Gasteiger partial charge in [-0.2, -0.15) is 0 Å². The SMILES string of the molecule is CC(C)(C)CCOc1ncncc1N. The molecule has 0 unspecified atom stereocenters. The van der Waals surface area contributed by atoms with E-state index in [-0.39, 0.29) is 5.41 Å². The molecule has 2 N–H and O–H groups in total. The van der Waals surface area contributed by atoms with Crippen molar-refractivity contribution in [2.24, 2.45) is 5.41 Å². The van der Waals surface area contributed by atoms with Crippen LogP contribution < -0.4 is 10.5 Å². The zero-order chi connectivity index (χ0) is 10.6. The molecule has 1 aromatic heterocycles. The van der Waals surface area contributed by atoms with Gasteiger partial charge >= 0.3 is 0 Å². The number of hydrogen-bond acceptors (Lipinski definition) is 4. The molecule has 0 spiro atoms. The molecule has 14 heavy (non-hydrogen) atoms. The Morgan fingerprint density at radius 1 is 1.43 bits per heavy atom. The van der Waals surface area contributed by atoms with Crippen molar-refractivity contribution >= 4 is 5.69 Å². The Bertz CT molecular complexity index is 294. The van der Waals surface area contributed by atoms with Gasteiger partial charge in [0.25, 0.3) is 0 Å². The van der Waals surface area contributed by atoms with Gasteiger partial charge in [-0.3, -0.25) is 0 Å². The minimum Gasteiger partial charge on any atom is -0.476 e. The second-order valence-electron chi connectivity index (χ2n) is 4.44. The fourth-order valence-corrected chi connectivity index (χ4v) is 0.904. The Morgan fingerprint density at radius 3 is 2.71 bits per heavy atom. The first-order valence-electron chi connectivity index (χ1n) is 4.67. The monoisotopic (exact) mass is 195 g/mol. The van der Waals surface area contributed by atoms with Crippen LogP contribution in [0.15, 0.2) is 12.5 Å². The number of anilines is 1. The van der Waals surface area contributed by atoms with Crippen LogP contribution in [0.2, 0.25) is 0 Å². The first-order chi connectivity index (χ1) is 6.49. The first kappa shape index (κ1) is 10.8. The molecular weight excluding hydrogens is 178 g/mol. The zero-order valence-electron chi connectivity index (χ0n) is 8.95.